The van der Waals surface area contributed by atoms with E-state index in [2.05, 4.69) is 27.9 Å². The average Bonchev–Trinajstić information content (AvgIpc) is 2.10. The van der Waals surface area contributed by atoms with Crippen LogP contribution in [0.1, 0.15) is 11.6 Å². The highest BCUT2D eigenvalue weighted by Gasteiger charge is 2.11. The topological polar surface area (TPSA) is 32.3 Å². The molecule has 72 valence electrons. The third-order valence-electron chi connectivity index (χ3n) is 1.87. The zero-order chi connectivity index (χ0) is 9.84. The Balaban J connectivity index is 2.99. The second-order valence-corrected chi connectivity index (χ2v) is 4.34. The molecule has 0 bridgehead atoms. The van der Waals surface area contributed by atoms with E-state index in [1.165, 1.54) is 0 Å². The van der Waals surface area contributed by atoms with Crippen molar-refractivity contribution in [1.29, 1.82) is 0 Å². The van der Waals surface area contributed by atoms with Crippen molar-refractivity contribution < 1.29 is 5.11 Å². The number of hydrogen-bond acceptors (Lipinski definition) is 2. The molecule has 0 spiro atoms. The normalized spacial score (nSPS) is 12.9. The van der Waals surface area contributed by atoms with Crippen molar-refractivity contribution >= 4 is 34.2 Å². The SMILES string of the molecule is CN[C@H](CO)c1ccc(I)cc1Cl. The standard InChI is InChI=1S/C9H11ClINO/c1-12-9(5-13)7-3-2-6(11)4-8(7)10/h2-4,9,12-13H,5H2,1H3/t9-/m1/s1. The van der Waals surface area contributed by atoms with Crippen LogP contribution >= 0.6 is 34.2 Å². The Bertz CT molecular complexity index is 289. The van der Waals surface area contributed by atoms with Crippen LogP contribution in [0.4, 0.5) is 0 Å². The summed E-state index contributed by atoms with van der Waals surface area (Å²) in [6.45, 7) is 0.0524. The van der Waals surface area contributed by atoms with Crippen LogP contribution in [-0.2, 0) is 0 Å². The zero-order valence-electron chi connectivity index (χ0n) is 7.22. The van der Waals surface area contributed by atoms with E-state index < -0.39 is 0 Å². The molecule has 0 fully saturated rings. The van der Waals surface area contributed by atoms with Crippen LogP contribution < -0.4 is 5.32 Å². The van der Waals surface area contributed by atoms with Gasteiger partial charge in [0.25, 0.3) is 0 Å². The van der Waals surface area contributed by atoms with Crippen LogP contribution in [0.2, 0.25) is 5.02 Å². The largest absolute Gasteiger partial charge is 0.394 e. The van der Waals surface area contributed by atoms with Gasteiger partial charge in [0.1, 0.15) is 0 Å². The van der Waals surface area contributed by atoms with Crippen molar-refractivity contribution in [3.05, 3.63) is 32.4 Å². The van der Waals surface area contributed by atoms with Crippen LogP contribution in [0, 0.1) is 3.57 Å². The molecule has 0 unspecified atom stereocenters. The molecule has 0 radical (unpaired) electrons. The van der Waals surface area contributed by atoms with Gasteiger partial charge in [-0.15, -0.1) is 0 Å². The van der Waals surface area contributed by atoms with Crippen molar-refractivity contribution in [3.8, 4) is 0 Å². The molecule has 0 aliphatic heterocycles. The lowest BCUT2D eigenvalue weighted by atomic mass is 10.1. The minimum Gasteiger partial charge on any atom is -0.394 e. The van der Waals surface area contributed by atoms with E-state index in [4.69, 9.17) is 16.7 Å². The van der Waals surface area contributed by atoms with E-state index in [1.54, 1.807) is 7.05 Å². The molecule has 0 amide bonds. The average molecular weight is 312 g/mol. The lowest BCUT2D eigenvalue weighted by Crippen LogP contribution is -2.20. The van der Waals surface area contributed by atoms with Crippen molar-refractivity contribution in [2.45, 2.75) is 6.04 Å². The van der Waals surface area contributed by atoms with Gasteiger partial charge in [-0.1, -0.05) is 17.7 Å². The molecule has 0 saturated heterocycles. The lowest BCUT2D eigenvalue weighted by molar-refractivity contribution is 0.251. The summed E-state index contributed by atoms with van der Waals surface area (Å²) in [6, 6.07) is 5.71. The Hall–Kier alpha value is 0.160. The summed E-state index contributed by atoms with van der Waals surface area (Å²) in [4.78, 5) is 0. The number of aliphatic hydroxyl groups excluding tert-OH is 1. The Morgan fingerprint density at radius 1 is 1.62 bits per heavy atom. The lowest BCUT2D eigenvalue weighted by Gasteiger charge is -2.14. The fraction of sp³-hybridized carbons (Fsp3) is 0.333. The summed E-state index contributed by atoms with van der Waals surface area (Å²) in [5, 5.41) is 12.7. The Labute approximate surface area is 96.4 Å². The van der Waals surface area contributed by atoms with E-state index in [0.717, 1.165) is 9.13 Å². The van der Waals surface area contributed by atoms with Crippen molar-refractivity contribution in [3.63, 3.8) is 0 Å². The predicted molar refractivity (Wildman–Crippen MR) is 63.1 cm³/mol. The first-order chi connectivity index (χ1) is 6.19. The molecule has 0 heterocycles. The fourth-order valence-corrected chi connectivity index (χ4v) is 2.12. The predicted octanol–water partition coefficient (Wildman–Crippen LogP) is 2.20. The molecule has 1 atom stereocenters. The molecule has 1 aromatic rings. The van der Waals surface area contributed by atoms with Crippen LogP contribution in [-0.4, -0.2) is 18.8 Å². The molecule has 1 aromatic carbocycles. The first-order valence-corrected chi connectivity index (χ1v) is 5.37. The van der Waals surface area contributed by atoms with Crippen LogP contribution in [0.3, 0.4) is 0 Å². The molecular weight excluding hydrogens is 300 g/mol. The first-order valence-electron chi connectivity index (χ1n) is 3.92. The van der Waals surface area contributed by atoms with Gasteiger partial charge in [0.2, 0.25) is 0 Å². The number of aliphatic hydroxyl groups is 1. The Morgan fingerprint density at radius 3 is 2.77 bits per heavy atom. The number of nitrogens with one attached hydrogen (secondary N) is 1. The van der Waals surface area contributed by atoms with Crippen molar-refractivity contribution in [2.24, 2.45) is 0 Å². The summed E-state index contributed by atoms with van der Waals surface area (Å²) in [7, 11) is 1.80. The van der Waals surface area contributed by atoms with E-state index in [1.807, 2.05) is 18.2 Å². The summed E-state index contributed by atoms with van der Waals surface area (Å²) in [6.07, 6.45) is 0. The quantitative estimate of drug-likeness (QED) is 0.839. The van der Waals surface area contributed by atoms with Gasteiger partial charge in [-0.25, -0.2) is 0 Å². The second-order valence-electron chi connectivity index (χ2n) is 2.69. The molecule has 2 nitrogen and oxygen atoms in total. The minimum absolute atomic E-state index is 0.0524. The second kappa shape index (κ2) is 5.14. The van der Waals surface area contributed by atoms with Crippen molar-refractivity contribution in [2.75, 3.05) is 13.7 Å². The number of hydrogen-bond donors (Lipinski definition) is 2. The molecule has 0 saturated carbocycles. The molecule has 2 N–H and O–H groups in total. The molecular formula is C9H11ClINO. The van der Waals surface area contributed by atoms with E-state index in [0.29, 0.717) is 5.02 Å². The maximum atomic E-state index is 9.05. The molecule has 4 heteroatoms. The number of halogens is 2. The monoisotopic (exact) mass is 311 g/mol. The minimum atomic E-state index is -0.0792. The maximum Gasteiger partial charge on any atom is 0.0626 e. The molecule has 13 heavy (non-hydrogen) atoms. The third-order valence-corrected chi connectivity index (χ3v) is 2.87. The van der Waals surface area contributed by atoms with Gasteiger partial charge in [0.05, 0.1) is 12.6 Å². The Morgan fingerprint density at radius 2 is 2.31 bits per heavy atom. The fourth-order valence-electron chi connectivity index (χ4n) is 1.13. The van der Waals surface area contributed by atoms with Gasteiger partial charge in [-0.2, -0.15) is 0 Å². The highest BCUT2D eigenvalue weighted by Crippen LogP contribution is 2.24. The number of rotatable bonds is 3. The highest BCUT2D eigenvalue weighted by atomic mass is 127. The number of benzene rings is 1. The van der Waals surface area contributed by atoms with Gasteiger partial charge in [0.15, 0.2) is 0 Å². The van der Waals surface area contributed by atoms with Gasteiger partial charge in [0, 0.05) is 8.59 Å². The summed E-state index contributed by atoms with van der Waals surface area (Å²) < 4.78 is 1.10. The zero-order valence-corrected chi connectivity index (χ0v) is 10.1. The van der Waals surface area contributed by atoms with Crippen molar-refractivity contribution in [1.82, 2.24) is 5.32 Å². The molecule has 0 aromatic heterocycles. The molecule has 0 aliphatic rings. The third kappa shape index (κ3) is 2.80. The maximum absolute atomic E-state index is 9.05. The van der Waals surface area contributed by atoms with Gasteiger partial charge in [-0.05, 0) is 47.3 Å². The first kappa shape index (κ1) is 11.2. The smallest absolute Gasteiger partial charge is 0.0626 e. The molecule has 1 rings (SSSR count). The van der Waals surface area contributed by atoms with Crippen LogP contribution in [0.5, 0.6) is 0 Å². The number of likely N-dealkylation sites (N-methyl/N-ethyl adjacent to an activating group) is 1. The van der Waals surface area contributed by atoms with E-state index in [9.17, 15) is 0 Å². The van der Waals surface area contributed by atoms with Gasteiger partial charge >= 0.3 is 0 Å². The summed E-state index contributed by atoms with van der Waals surface area (Å²) in [5.41, 5.74) is 0.937. The summed E-state index contributed by atoms with van der Waals surface area (Å²) in [5.74, 6) is 0. The molecule has 0 aliphatic carbocycles. The highest BCUT2D eigenvalue weighted by molar-refractivity contribution is 14.1. The van der Waals surface area contributed by atoms with E-state index in [-0.39, 0.29) is 12.6 Å². The van der Waals surface area contributed by atoms with Crippen LogP contribution in [0.15, 0.2) is 18.2 Å². The van der Waals surface area contributed by atoms with Gasteiger partial charge in [-0.3, -0.25) is 0 Å². The van der Waals surface area contributed by atoms with Gasteiger partial charge < -0.3 is 10.4 Å². The van der Waals surface area contributed by atoms with Crippen LogP contribution in [0.25, 0.3) is 0 Å². The summed E-state index contributed by atoms with van der Waals surface area (Å²) >= 11 is 8.23. The Kier molecular flexibility index (Phi) is 4.45. The van der Waals surface area contributed by atoms with E-state index >= 15 is 0 Å².